The quantitative estimate of drug-likeness (QED) is 0.131. The van der Waals surface area contributed by atoms with E-state index in [2.05, 4.69) is 122 Å². The molecule has 0 saturated heterocycles. The van der Waals surface area contributed by atoms with Gasteiger partial charge in [0.2, 0.25) is 5.82 Å². The summed E-state index contributed by atoms with van der Waals surface area (Å²) in [6.45, 7) is 4.67. The van der Waals surface area contributed by atoms with E-state index < -0.39 is 5.54 Å². The van der Waals surface area contributed by atoms with Crippen LogP contribution in [-0.2, 0) is 25.1 Å². The fourth-order valence-electron chi connectivity index (χ4n) is 6.73. The highest BCUT2D eigenvalue weighted by Gasteiger charge is 2.41. The van der Waals surface area contributed by atoms with Crippen LogP contribution in [-0.4, -0.2) is 34.9 Å². The zero-order valence-electron chi connectivity index (χ0n) is 28.2. The van der Waals surface area contributed by atoms with Crippen LogP contribution < -0.4 is 0 Å². The number of aryl methyl sites for hydroxylation is 2. The number of rotatable bonds is 12. The van der Waals surface area contributed by atoms with Gasteiger partial charge in [0.1, 0.15) is 5.82 Å². The third-order valence-electron chi connectivity index (χ3n) is 9.35. The highest BCUT2D eigenvalue weighted by Crippen LogP contribution is 2.40. The summed E-state index contributed by atoms with van der Waals surface area (Å²) in [6.07, 6.45) is 2.88. The lowest BCUT2D eigenvalue weighted by Crippen LogP contribution is -2.39. The Kier molecular flexibility index (Phi) is 9.69. The maximum atomic E-state index is 10.0. The Labute approximate surface area is 297 Å². The molecule has 0 aliphatic rings. The van der Waals surface area contributed by atoms with Crippen molar-refractivity contribution >= 4 is 11.6 Å². The first-order valence-corrected chi connectivity index (χ1v) is 17.4. The molecule has 2 aromatic heterocycles. The van der Waals surface area contributed by atoms with Gasteiger partial charge in [-0.3, -0.25) is 0 Å². The summed E-state index contributed by atoms with van der Waals surface area (Å²) >= 11 is 6.41. The van der Waals surface area contributed by atoms with Crippen LogP contribution in [0.2, 0.25) is 5.15 Å². The van der Waals surface area contributed by atoms with E-state index in [-0.39, 0.29) is 6.61 Å². The number of hydrogen-bond acceptors (Lipinski definition) is 5. The molecule has 1 N–H and O–H groups in total. The van der Waals surface area contributed by atoms with E-state index in [1.54, 1.807) is 4.80 Å². The number of aromatic nitrogens is 6. The van der Waals surface area contributed by atoms with Crippen LogP contribution in [0.4, 0.5) is 0 Å². The van der Waals surface area contributed by atoms with Gasteiger partial charge in [-0.2, -0.15) is 0 Å². The van der Waals surface area contributed by atoms with Crippen LogP contribution in [0, 0.1) is 6.92 Å². The molecule has 250 valence electrons. The van der Waals surface area contributed by atoms with Crippen LogP contribution in [0.1, 0.15) is 59.1 Å². The molecule has 0 aliphatic heterocycles. The number of aliphatic hydroxyl groups is 1. The SMILES string of the molecule is CCCCc1nc(Cl)c(CO)n1Cc1ccc(-c2ccccc2-c2nnn(C(c3ccccc3)(c3ccccc3)c3ccc(C)cc3)n2)cc1. The molecule has 0 radical (unpaired) electrons. The van der Waals surface area contributed by atoms with Gasteiger partial charge in [0, 0.05) is 18.5 Å². The number of hydrogen-bond donors (Lipinski definition) is 1. The molecule has 0 atom stereocenters. The number of benzene rings is 5. The van der Waals surface area contributed by atoms with Crippen molar-refractivity contribution in [2.24, 2.45) is 0 Å². The number of nitrogens with zero attached hydrogens (tertiary/aromatic N) is 6. The summed E-state index contributed by atoms with van der Waals surface area (Å²) in [5.74, 6) is 1.44. The summed E-state index contributed by atoms with van der Waals surface area (Å²) in [5.41, 5.74) is 8.07. The predicted octanol–water partition coefficient (Wildman–Crippen LogP) is 8.89. The van der Waals surface area contributed by atoms with Gasteiger partial charge in [-0.15, -0.1) is 15.0 Å². The normalized spacial score (nSPS) is 11.6. The molecule has 5 aromatic carbocycles. The van der Waals surface area contributed by atoms with Crippen LogP contribution in [0.15, 0.2) is 133 Å². The lowest BCUT2D eigenvalue weighted by molar-refractivity contribution is 0.271. The van der Waals surface area contributed by atoms with E-state index in [0.29, 0.717) is 23.2 Å². The average Bonchev–Trinajstić information content (AvgIpc) is 3.77. The first-order chi connectivity index (χ1) is 24.5. The third-order valence-corrected chi connectivity index (χ3v) is 9.65. The van der Waals surface area contributed by atoms with Gasteiger partial charge >= 0.3 is 0 Å². The molecule has 8 heteroatoms. The van der Waals surface area contributed by atoms with Crippen molar-refractivity contribution < 1.29 is 5.11 Å². The lowest BCUT2D eigenvalue weighted by Gasteiger charge is -2.34. The second-order valence-corrected chi connectivity index (χ2v) is 12.9. The number of tetrazole rings is 1. The Morgan fingerprint density at radius 1 is 0.720 bits per heavy atom. The molecule has 7 nitrogen and oxygen atoms in total. The largest absolute Gasteiger partial charge is 0.390 e. The molecule has 0 bridgehead atoms. The Balaban J connectivity index is 1.28. The van der Waals surface area contributed by atoms with Crippen molar-refractivity contribution in [1.29, 1.82) is 0 Å². The minimum absolute atomic E-state index is 0.156. The molecule has 0 amide bonds. The maximum absolute atomic E-state index is 10.0. The van der Waals surface area contributed by atoms with Gasteiger partial charge in [-0.05, 0) is 51.9 Å². The van der Waals surface area contributed by atoms with Crippen molar-refractivity contribution in [3.63, 3.8) is 0 Å². The summed E-state index contributed by atoms with van der Waals surface area (Å²) in [5, 5.41) is 25.1. The lowest BCUT2D eigenvalue weighted by atomic mass is 9.77. The van der Waals surface area contributed by atoms with E-state index in [1.807, 2.05) is 34.9 Å². The van der Waals surface area contributed by atoms with E-state index >= 15 is 0 Å². The Morgan fingerprint density at radius 2 is 1.32 bits per heavy atom. The summed E-state index contributed by atoms with van der Waals surface area (Å²) in [6, 6.07) is 46.0. The van der Waals surface area contributed by atoms with Crippen molar-refractivity contribution in [3.8, 4) is 22.5 Å². The molecule has 0 aliphatic carbocycles. The van der Waals surface area contributed by atoms with Gasteiger partial charge in [-0.1, -0.05) is 164 Å². The van der Waals surface area contributed by atoms with Crippen LogP contribution >= 0.6 is 11.6 Å². The molecule has 7 aromatic rings. The Morgan fingerprint density at radius 3 is 1.94 bits per heavy atom. The number of unbranched alkanes of at least 4 members (excludes halogenated alkanes) is 1. The smallest absolute Gasteiger partial charge is 0.205 e. The first kappa shape index (κ1) is 33.1. The van der Waals surface area contributed by atoms with Gasteiger partial charge in [-0.25, -0.2) is 4.98 Å². The monoisotopic (exact) mass is 678 g/mol. The second-order valence-electron chi connectivity index (χ2n) is 12.6. The summed E-state index contributed by atoms with van der Waals surface area (Å²) in [4.78, 5) is 6.32. The molecule has 50 heavy (non-hydrogen) atoms. The zero-order valence-corrected chi connectivity index (χ0v) is 29.0. The van der Waals surface area contributed by atoms with Crippen LogP contribution in [0.25, 0.3) is 22.5 Å². The molecule has 0 unspecified atom stereocenters. The standard InChI is InChI=1S/C42H39ClN6O/c1-3-4-19-39-44-40(43)38(29-50)48(39)28-31-22-24-32(25-23-31)36-17-11-12-18-37(36)41-45-47-49(46-41)42(33-13-7-5-8-14-33,34-15-9-6-10-16-34)35-26-20-30(2)21-27-35/h5-18,20-27,50H,3-4,19,28-29H2,1-2H3. The minimum Gasteiger partial charge on any atom is -0.390 e. The highest BCUT2D eigenvalue weighted by atomic mass is 35.5. The van der Waals surface area contributed by atoms with Gasteiger partial charge in [0.15, 0.2) is 10.7 Å². The van der Waals surface area contributed by atoms with Crippen LogP contribution in [0.5, 0.6) is 0 Å². The van der Waals surface area contributed by atoms with E-state index in [9.17, 15) is 5.11 Å². The van der Waals surface area contributed by atoms with Crippen molar-refractivity contribution in [2.75, 3.05) is 0 Å². The van der Waals surface area contributed by atoms with Crippen molar-refractivity contribution in [3.05, 3.63) is 178 Å². The van der Waals surface area contributed by atoms with E-state index in [1.165, 1.54) is 5.56 Å². The fourth-order valence-corrected chi connectivity index (χ4v) is 6.99. The van der Waals surface area contributed by atoms with E-state index in [0.717, 1.165) is 64.0 Å². The molecular formula is C42H39ClN6O. The Bertz CT molecular complexity index is 2140. The maximum Gasteiger partial charge on any atom is 0.205 e. The number of imidazole rings is 1. The van der Waals surface area contributed by atoms with Gasteiger partial charge in [0.05, 0.1) is 12.3 Å². The van der Waals surface area contributed by atoms with Crippen molar-refractivity contribution in [1.82, 2.24) is 29.8 Å². The molecule has 7 rings (SSSR count). The average molecular weight is 679 g/mol. The van der Waals surface area contributed by atoms with Crippen LogP contribution in [0.3, 0.4) is 0 Å². The van der Waals surface area contributed by atoms with E-state index in [4.69, 9.17) is 27.0 Å². The second kappa shape index (κ2) is 14.6. The summed E-state index contributed by atoms with van der Waals surface area (Å²) < 4.78 is 2.04. The fraction of sp³-hybridized carbons (Fsp3) is 0.190. The van der Waals surface area contributed by atoms with Gasteiger partial charge < -0.3 is 9.67 Å². The van der Waals surface area contributed by atoms with Crippen molar-refractivity contribution in [2.45, 2.75) is 51.8 Å². The number of aliphatic hydroxyl groups excluding tert-OH is 1. The number of halogens is 1. The molecule has 0 saturated carbocycles. The minimum atomic E-state index is -0.863. The topological polar surface area (TPSA) is 81.7 Å². The highest BCUT2D eigenvalue weighted by molar-refractivity contribution is 6.30. The molecule has 2 heterocycles. The summed E-state index contributed by atoms with van der Waals surface area (Å²) in [7, 11) is 0. The molecule has 0 fully saturated rings. The first-order valence-electron chi connectivity index (χ1n) is 17.0. The molecule has 0 spiro atoms. The van der Waals surface area contributed by atoms with Gasteiger partial charge in [0.25, 0.3) is 0 Å². The molecular weight excluding hydrogens is 640 g/mol. The predicted molar refractivity (Wildman–Crippen MR) is 199 cm³/mol. The third kappa shape index (κ3) is 6.26. The Hall–Kier alpha value is -5.37. The zero-order chi connectivity index (χ0) is 34.5.